The van der Waals surface area contributed by atoms with Crippen molar-refractivity contribution in [2.75, 3.05) is 19.6 Å². The Bertz CT molecular complexity index is 79.7. The highest BCUT2D eigenvalue weighted by Crippen LogP contribution is 2.14. The average Bonchev–Trinajstić information content (AvgIpc) is 2.12. The maximum Gasteiger partial charge on any atom is 0.0185 e. The molecule has 3 nitrogen and oxygen atoms in total. The molecular weight excluding hydrogens is 102 g/mol. The molecule has 2 aliphatic heterocycles. The van der Waals surface area contributed by atoms with Crippen molar-refractivity contribution in [3.8, 4) is 0 Å². The van der Waals surface area contributed by atoms with E-state index < -0.39 is 0 Å². The highest BCUT2D eigenvalue weighted by atomic mass is 15.7. The SMILES string of the molecule is C1CN2CC1CNN2. The molecule has 46 valence electrons. The Morgan fingerprint density at radius 2 is 2.50 bits per heavy atom. The molecule has 2 fully saturated rings. The Morgan fingerprint density at radius 3 is 3.25 bits per heavy atom. The van der Waals surface area contributed by atoms with E-state index in [9.17, 15) is 0 Å². The van der Waals surface area contributed by atoms with Crippen molar-refractivity contribution in [3.05, 3.63) is 0 Å². The van der Waals surface area contributed by atoms with Crippen LogP contribution in [0.3, 0.4) is 0 Å². The van der Waals surface area contributed by atoms with Crippen LogP contribution in [0.15, 0.2) is 0 Å². The molecule has 2 N–H and O–H groups in total. The highest BCUT2D eigenvalue weighted by molar-refractivity contribution is 4.76. The van der Waals surface area contributed by atoms with Crippen LogP contribution in [0.2, 0.25) is 0 Å². The molecule has 2 atom stereocenters. The van der Waals surface area contributed by atoms with Gasteiger partial charge in [-0.05, 0) is 12.3 Å². The number of hydrogen-bond acceptors (Lipinski definition) is 3. The Morgan fingerprint density at radius 1 is 1.50 bits per heavy atom. The molecular formula is C5H11N3. The number of hydrazine groups is 2. The molecule has 0 spiro atoms. The minimum Gasteiger partial charge on any atom is -0.244 e. The van der Waals surface area contributed by atoms with Crippen LogP contribution in [-0.2, 0) is 0 Å². The van der Waals surface area contributed by atoms with Gasteiger partial charge >= 0.3 is 0 Å². The molecule has 2 aliphatic rings. The van der Waals surface area contributed by atoms with E-state index in [0.717, 1.165) is 12.5 Å². The van der Waals surface area contributed by atoms with E-state index in [-0.39, 0.29) is 0 Å². The van der Waals surface area contributed by atoms with Crippen molar-refractivity contribution in [2.24, 2.45) is 5.92 Å². The molecule has 0 aromatic rings. The maximum atomic E-state index is 3.12. The lowest BCUT2D eigenvalue weighted by molar-refractivity contribution is 0.149. The second kappa shape index (κ2) is 1.69. The fourth-order valence-corrected chi connectivity index (χ4v) is 1.40. The highest BCUT2D eigenvalue weighted by Gasteiger charge is 2.25. The summed E-state index contributed by atoms with van der Waals surface area (Å²) in [5, 5.41) is 2.23. The fraction of sp³-hybridized carbons (Fsp3) is 1.00. The van der Waals surface area contributed by atoms with Crippen LogP contribution in [0.5, 0.6) is 0 Å². The normalized spacial score (nSPS) is 45.0. The zero-order valence-electron chi connectivity index (χ0n) is 4.85. The molecule has 0 aliphatic carbocycles. The van der Waals surface area contributed by atoms with Crippen molar-refractivity contribution >= 4 is 0 Å². The van der Waals surface area contributed by atoms with Gasteiger partial charge in [-0.15, -0.1) is 0 Å². The van der Waals surface area contributed by atoms with Crippen LogP contribution in [-0.4, -0.2) is 24.6 Å². The monoisotopic (exact) mass is 113 g/mol. The molecule has 2 saturated heterocycles. The van der Waals surface area contributed by atoms with Crippen molar-refractivity contribution in [1.29, 1.82) is 0 Å². The number of fused-ring (bicyclic) bond motifs is 2. The molecule has 0 radical (unpaired) electrons. The van der Waals surface area contributed by atoms with Crippen LogP contribution in [0, 0.1) is 5.92 Å². The summed E-state index contributed by atoms with van der Waals surface area (Å²) in [5.74, 6) is 0.913. The van der Waals surface area contributed by atoms with Crippen LogP contribution in [0.25, 0.3) is 0 Å². The first-order valence-electron chi connectivity index (χ1n) is 3.18. The van der Waals surface area contributed by atoms with Gasteiger partial charge in [-0.1, -0.05) is 0 Å². The minimum atomic E-state index is 0.913. The summed E-state index contributed by atoms with van der Waals surface area (Å²) in [5.41, 5.74) is 6.22. The summed E-state index contributed by atoms with van der Waals surface area (Å²) in [6, 6.07) is 0. The van der Waals surface area contributed by atoms with E-state index in [1.807, 2.05) is 0 Å². The van der Waals surface area contributed by atoms with Gasteiger partial charge in [-0.3, -0.25) is 0 Å². The lowest BCUT2D eigenvalue weighted by Crippen LogP contribution is -2.51. The summed E-state index contributed by atoms with van der Waals surface area (Å²) in [4.78, 5) is 0. The lowest BCUT2D eigenvalue weighted by Gasteiger charge is -2.23. The molecule has 8 heavy (non-hydrogen) atoms. The molecule has 0 aromatic heterocycles. The number of nitrogens with zero attached hydrogens (tertiary/aromatic N) is 1. The van der Waals surface area contributed by atoms with Gasteiger partial charge in [0.05, 0.1) is 0 Å². The molecule has 0 aromatic carbocycles. The standard InChI is InChI=1S/C5H11N3/c1-2-8-4-5(1)3-6-7-8/h5-7H,1-4H2. The van der Waals surface area contributed by atoms with Crippen LogP contribution < -0.4 is 11.0 Å². The fourth-order valence-electron chi connectivity index (χ4n) is 1.40. The van der Waals surface area contributed by atoms with E-state index >= 15 is 0 Å². The Balaban J connectivity index is 2.03. The minimum absolute atomic E-state index is 0.913. The number of rotatable bonds is 0. The Kier molecular flexibility index (Phi) is 0.997. The molecule has 2 unspecified atom stereocenters. The third-order valence-electron chi connectivity index (χ3n) is 1.91. The van der Waals surface area contributed by atoms with Gasteiger partial charge in [0.25, 0.3) is 0 Å². The number of nitrogens with one attached hydrogen (secondary N) is 2. The Labute approximate surface area is 49.0 Å². The first kappa shape index (κ1) is 4.73. The second-order valence-electron chi connectivity index (χ2n) is 2.59. The quantitative estimate of drug-likeness (QED) is 0.436. The second-order valence-corrected chi connectivity index (χ2v) is 2.59. The van der Waals surface area contributed by atoms with Crippen molar-refractivity contribution in [1.82, 2.24) is 16.0 Å². The lowest BCUT2D eigenvalue weighted by atomic mass is 10.1. The van der Waals surface area contributed by atoms with E-state index in [1.54, 1.807) is 0 Å². The summed E-state index contributed by atoms with van der Waals surface area (Å²) in [6.07, 6.45) is 1.36. The topological polar surface area (TPSA) is 27.3 Å². The summed E-state index contributed by atoms with van der Waals surface area (Å²) in [7, 11) is 0. The molecule has 2 rings (SSSR count). The zero-order valence-corrected chi connectivity index (χ0v) is 4.85. The van der Waals surface area contributed by atoms with E-state index in [1.165, 1.54) is 19.5 Å². The van der Waals surface area contributed by atoms with Gasteiger partial charge in [0, 0.05) is 19.6 Å². The smallest absolute Gasteiger partial charge is 0.0185 e. The average molecular weight is 113 g/mol. The van der Waals surface area contributed by atoms with E-state index in [2.05, 4.69) is 16.0 Å². The molecule has 2 heterocycles. The maximum absolute atomic E-state index is 3.12. The van der Waals surface area contributed by atoms with Gasteiger partial charge in [-0.2, -0.15) is 5.53 Å². The van der Waals surface area contributed by atoms with Crippen LogP contribution in [0.4, 0.5) is 0 Å². The predicted molar refractivity (Wildman–Crippen MR) is 30.8 cm³/mol. The summed E-state index contributed by atoms with van der Waals surface area (Å²) < 4.78 is 0. The first-order chi connectivity index (χ1) is 3.95. The van der Waals surface area contributed by atoms with E-state index in [0.29, 0.717) is 0 Å². The Hall–Kier alpha value is -0.120. The third kappa shape index (κ3) is 0.632. The summed E-state index contributed by atoms with van der Waals surface area (Å²) >= 11 is 0. The number of hydrogen-bond donors (Lipinski definition) is 2. The first-order valence-corrected chi connectivity index (χ1v) is 3.18. The van der Waals surface area contributed by atoms with Crippen LogP contribution in [0.1, 0.15) is 6.42 Å². The van der Waals surface area contributed by atoms with Gasteiger partial charge in [0.2, 0.25) is 0 Å². The van der Waals surface area contributed by atoms with Gasteiger partial charge in [0.1, 0.15) is 0 Å². The van der Waals surface area contributed by atoms with Gasteiger partial charge in [0.15, 0.2) is 0 Å². The van der Waals surface area contributed by atoms with Gasteiger partial charge < -0.3 is 0 Å². The molecule has 2 bridgehead atoms. The van der Waals surface area contributed by atoms with Crippen molar-refractivity contribution in [2.45, 2.75) is 6.42 Å². The third-order valence-corrected chi connectivity index (χ3v) is 1.91. The zero-order chi connectivity index (χ0) is 5.40. The summed E-state index contributed by atoms with van der Waals surface area (Å²) in [6.45, 7) is 3.61. The largest absolute Gasteiger partial charge is 0.244 e. The molecule has 3 heteroatoms. The molecule has 0 amide bonds. The van der Waals surface area contributed by atoms with Gasteiger partial charge in [-0.25, -0.2) is 10.4 Å². The molecule has 0 saturated carbocycles. The van der Waals surface area contributed by atoms with Crippen molar-refractivity contribution < 1.29 is 0 Å². The van der Waals surface area contributed by atoms with Crippen molar-refractivity contribution in [3.63, 3.8) is 0 Å². The predicted octanol–water partition coefficient (Wildman–Crippen LogP) is -0.669. The van der Waals surface area contributed by atoms with E-state index in [4.69, 9.17) is 0 Å². The van der Waals surface area contributed by atoms with Crippen LogP contribution >= 0.6 is 0 Å².